The lowest BCUT2D eigenvalue weighted by molar-refractivity contribution is 0.180. The number of piperidine rings is 1. The van der Waals surface area contributed by atoms with Crippen LogP contribution in [0.25, 0.3) is 0 Å². The molecule has 1 aromatic carbocycles. The lowest BCUT2D eigenvalue weighted by atomic mass is 10.1. The van der Waals surface area contributed by atoms with E-state index in [2.05, 4.69) is 44.2 Å². The summed E-state index contributed by atoms with van der Waals surface area (Å²) in [7, 11) is 0. The van der Waals surface area contributed by atoms with Crippen molar-refractivity contribution in [3.05, 3.63) is 35.4 Å². The molecule has 0 spiro atoms. The fraction of sp³-hybridized carbons (Fsp3) is 0.542. The zero-order valence-corrected chi connectivity index (χ0v) is 20.4. The van der Waals surface area contributed by atoms with Gasteiger partial charge in [-0.25, -0.2) is 4.79 Å². The number of nitrogens with zero attached hydrogens (tertiary/aromatic N) is 4. The predicted molar refractivity (Wildman–Crippen MR) is 135 cm³/mol. The minimum Gasteiger partial charge on any atom is -0.476 e. The average Bonchev–Trinajstić information content (AvgIpc) is 2.81. The topological polar surface area (TPSA) is 82.6 Å². The summed E-state index contributed by atoms with van der Waals surface area (Å²) < 4.78 is 6.00. The summed E-state index contributed by atoms with van der Waals surface area (Å²) in [6.07, 6.45) is 5.76. The summed E-state index contributed by atoms with van der Waals surface area (Å²) in [4.78, 5) is 26.3. The molecule has 1 aliphatic rings. The van der Waals surface area contributed by atoms with E-state index in [1.54, 1.807) is 30.3 Å². The number of hydrogen-bond donors (Lipinski definition) is 2. The van der Waals surface area contributed by atoms with Crippen LogP contribution in [0.15, 0.2) is 30.3 Å². The fourth-order valence-corrected chi connectivity index (χ4v) is 3.94. The van der Waals surface area contributed by atoms with Crippen molar-refractivity contribution in [3.63, 3.8) is 0 Å². The minimum atomic E-state index is -0.390. The van der Waals surface area contributed by atoms with Gasteiger partial charge in [-0.05, 0) is 63.0 Å². The van der Waals surface area contributed by atoms with Crippen LogP contribution in [0.3, 0.4) is 0 Å². The zero-order chi connectivity index (χ0) is 23.5. The first-order valence-corrected chi connectivity index (χ1v) is 12.3. The Morgan fingerprint density at radius 3 is 2.42 bits per heavy atom. The Kier molecular flexibility index (Phi) is 10.0. The summed E-state index contributed by atoms with van der Waals surface area (Å²) in [6.45, 7) is 9.58. The summed E-state index contributed by atoms with van der Waals surface area (Å²) in [5.74, 6) is 1.43. The standard InChI is InChI=1S/C24H35ClN6O2/c1-3-12-31(13-4-2)23-27-21(28-24(32)26-20-10-8-19(25)9-11-20)18-22(29-23)33-17-16-30-14-6-5-7-15-30/h8-11,18H,3-7,12-17H2,1-2H3,(H2,26,27,28,29,32). The summed E-state index contributed by atoms with van der Waals surface area (Å²) in [6, 6.07) is 8.22. The van der Waals surface area contributed by atoms with Crippen LogP contribution in [0, 0.1) is 0 Å². The molecule has 1 fully saturated rings. The molecule has 0 bridgehead atoms. The fourth-order valence-electron chi connectivity index (χ4n) is 3.82. The van der Waals surface area contributed by atoms with Crippen molar-refractivity contribution < 1.29 is 9.53 Å². The maximum Gasteiger partial charge on any atom is 0.324 e. The van der Waals surface area contributed by atoms with Crippen molar-refractivity contribution >= 4 is 35.1 Å². The number of likely N-dealkylation sites (tertiary alicyclic amines) is 1. The van der Waals surface area contributed by atoms with Crippen molar-refractivity contribution in [2.24, 2.45) is 0 Å². The molecule has 0 saturated carbocycles. The summed E-state index contributed by atoms with van der Waals surface area (Å²) in [5.41, 5.74) is 0.641. The Morgan fingerprint density at radius 1 is 1.06 bits per heavy atom. The lowest BCUT2D eigenvalue weighted by Gasteiger charge is -2.26. The molecule has 2 amide bonds. The molecule has 2 heterocycles. The molecule has 0 atom stereocenters. The van der Waals surface area contributed by atoms with Gasteiger partial charge in [0.15, 0.2) is 0 Å². The highest BCUT2D eigenvalue weighted by molar-refractivity contribution is 6.30. The Morgan fingerprint density at radius 2 is 1.76 bits per heavy atom. The van der Waals surface area contributed by atoms with Gasteiger partial charge < -0.3 is 15.0 Å². The maximum atomic E-state index is 12.6. The second-order valence-electron chi connectivity index (χ2n) is 8.22. The molecule has 33 heavy (non-hydrogen) atoms. The third kappa shape index (κ3) is 8.37. The third-order valence-corrected chi connectivity index (χ3v) is 5.66. The molecule has 180 valence electrons. The average molecular weight is 475 g/mol. The largest absolute Gasteiger partial charge is 0.476 e. The van der Waals surface area contributed by atoms with E-state index in [-0.39, 0.29) is 0 Å². The Balaban J connectivity index is 1.70. The number of halogens is 1. The van der Waals surface area contributed by atoms with E-state index in [4.69, 9.17) is 16.3 Å². The molecule has 1 aliphatic heterocycles. The van der Waals surface area contributed by atoms with E-state index >= 15 is 0 Å². The van der Waals surface area contributed by atoms with E-state index in [0.29, 0.717) is 35.0 Å². The van der Waals surface area contributed by atoms with Gasteiger partial charge >= 0.3 is 6.03 Å². The van der Waals surface area contributed by atoms with E-state index < -0.39 is 6.03 Å². The number of aromatic nitrogens is 2. The molecule has 1 aromatic heterocycles. The van der Waals surface area contributed by atoms with Crippen molar-refractivity contribution in [2.45, 2.75) is 46.0 Å². The normalized spacial score (nSPS) is 14.0. The number of rotatable bonds is 11. The molecule has 2 aromatic rings. The van der Waals surface area contributed by atoms with Crippen molar-refractivity contribution in [2.75, 3.05) is 54.9 Å². The highest BCUT2D eigenvalue weighted by Gasteiger charge is 2.15. The Labute approximate surface area is 201 Å². The minimum absolute atomic E-state index is 0.390. The maximum absolute atomic E-state index is 12.6. The molecule has 3 rings (SSSR count). The number of nitrogens with one attached hydrogen (secondary N) is 2. The molecule has 0 radical (unpaired) electrons. The van der Waals surface area contributed by atoms with Crippen molar-refractivity contribution in [1.82, 2.24) is 14.9 Å². The summed E-state index contributed by atoms with van der Waals surface area (Å²) in [5, 5.41) is 6.22. The SMILES string of the molecule is CCCN(CCC)c1nc(NC(=O)Nc2ccc(Cl)cc2)cc(OCCN2CCCCC2)n1. The van der Waals surface area contributed by atoms with Gasteiger partial charge in [0.2, 0.25) is 11.8 Å². The van der Waals surface area contributed by atoms with Gasteiger partial charge in [-0.2, -0.15) is 9.97 Å². The van der Waals surface area contributed by atoms with Gasteiger partial charge in [-0.1, -0.05) is 31.9 Å². The number of ether oxygens (including phenoxy) is 1. The van der Waals surface area contributed by atoms with Crippen LogP contribution in [-0.2, 0) is 0 Å². The van der Waals surface area contributed by atoms with Crippen molar-refractivity contribution in [1.29, 1.82) is 0 Å². The van der Waals surface area contributed by atoms with Gasteiger partial charge in [0, 0.05) is 36.4 Å². The number of carbonyl (C=O) groups is 1. The number of urea groups is 1. The monoisotopic (exact) mass is 474 g/mol. The van der Waals surface area contributed by atoms with Crippen LogP contribution in [-0.4, -0.2) is 60.2 Å². The first-order chi connectivity index (χ1) is 16.1. The van der Waals surface area contributed by atoms with Crippen LogP contribution in [0.5, 0.6) is 5.88 Å². The van der Waals surface area contributed by atoms with Crippen molar-refractivity contribution in [3.8, 4) is 5.88 Å². The zero-order valence-electron chi connectivity index (χ0n) is 19.6. The Bertz CT molecular complexity index is 868. The second-order valence-corrected chi connectivity index (χ2v) is 8.65. The predicted octanol–water partition coefficient (Wildman–Crippen LogP) is 5.27. The quantitative estimate of drug-likeness (QED) is 0.462. The van der Waals surface area contributed by atoms with Crippen LogP contribution in [0.1, 0.15) is 46.0 Å². The van der Waals surface area contributed by atoms with E-state index in [1.165, 1.54) is 19.3 Å². The van der Waals surface area contributed by atoms with E-state index in [9.17, 15) is 4.79 Å². The molecule has 9 heteroatoms. The van der Waals surface area contributed by atoms with Gasteiger partial charge in [0.05, 0.1) is 0 Å². The van der Waals surface area contributed by atoms with Gasteiger partial charge in [-0.3, -0.25) is 10.2 Å². The molecule has 0 unspecified atom stereocenters. The first-order valence-electron chi connectivity index (χ1n) is 11.9. The summed E-state index contributed by atoms with van der Waals surface area (Å²) >= 11 is 5.92. The van der Waals surface area contributed by atoms with Crippen LogP contribution >= 0.6 is 11.6 Å². The highest BCUT2D eigenvalue weighted by Crippen LogP contribution is 2.21. The molecular weight excluding hydrogens is 440 g/mol. The number of hydrogen-bond acceptors (Lipinski definition) is 6. The van der Waals surface area contributed by atoms with Crippen LogP contribution in [0.4, 0.5) is 22.2 Å². The van der Waals surface area contributed by atoms with E-state index in [1.807, 2.05) is 0 Å². The molecule has 2 N–H and O–H groups in total. The molecular formula is C24H35ClN6O2. The number of anilines is 3. The number of carbonyl (C=O) groups excluding carboxylic acids is 1. The number of amides is 2. The van der Waals surface area contributed by atoms with Gasteiger partial charge in [0.25, 0.3) is 0 Å². The van der Waals surface area contributed by atoms with Gasteiger partial charge in [0.1, 0.15) is 12.4 Å². The number of benzene rings is 1. The van der Waals surface area contributed by atoms with Crippen LogP contribution in [0.2, 0.25) is 5.02 Å². The molecule has 8 nitrogen and oxygen atoms in total. The molecule has 1 saturated heterocycles. The first kappa shape index (κ1) is 25.1. The molecule has 0 aliphatic carbocycles. The third-order valence-electron chi connectivity index (χ3n) is 5.41. The smallest absolute Gasteiger partial charge is 0.324 e. The van der Waals surface area contributed by atoms with E-state index in [0.717, 1.165) is 45.6 Å². The lowest BCUT2D eigenvalue weighted by Crippen LogP contribution is -2.33. The Hall–Kier alpha value is -2.58. The van der Waals surface area contributed by atoms with Crippen LogP contribution < -0.4 is 20.3 Å². The highest BCUT2D eigenvalue weighted by atomic mass is 35.5. The second kappa shape index (κ2) is 13.2. The van der Waals surface area contributed by atoms with Gasteiger partial charge in [-0.15, -0.1) is 0 Å².